The Morgan fingerprint density at radius 2 is 0.505 bits per heavy atom. The van der Waals surface area contributed by atoms with E-state index in [2.05, 4.69) is 19.2 Å². The Balaban J connectivity index is 3.32. The molecule has 0 bridgehead atoms. The average molecular weight is 1280 g/mol. The van der Waals surface area contributed by atoms with Crippen molar-refractivity contribution in [2.24, 2.45) is 0 Å². The van der Waals surface area contributed by atoms with E-state index in [0.29, 0.717) is 19.4 Å². The highest BCUT2D eigenvalue weighted by Gasteiger charge is 2.18. The van der Waals surface area contributed by atoms with E-state index in [4.69, 9.17) is 4.74 Å². The minimum Gasteiger partial charge on any atom is -0.466 e. The lowest BCUT2D eigenvalue weighted by Crippen LogP contribution is -2.45. The molecule has 0 aromatic rings. The third-order valence-electron chi connectivity index (χ3n) is 20.3. The predicted molar refractivity (Wildman–Crippen MR) is 403 cm³/mol. The van der Waals surface area contributed by atoms with Crippen LogP contribution in [0.4, 0.5) is 0 Å². The fourth-order valence-corrected chi connectivity index (χ4v) is 13.9. The van der Waals surface area contributed by atoms with Gasteiger partial charge in [0.15, 0.2) is 0 Å². The Morgan fingerprint density at radius 1 is 0.297 bits per heavy atom. The second kappa shape index (κ2) is 81.0. The van der Waals surface area contributed by atoms with Crippen LogP contribution in [0.3, 0.4) is 0 Å². The summed E-state index contributed by atoms with van der Waals surface area (Å²) in [5, 5.41) is 23.3. The van der Waals surface area contributed by atoms with Crippen molar-refractivity contribution < 1.29 is 24.5 Å². The van der Waals surface area contributed by atoms with E-state index in [9.17, 15) is 19.8 Å². The van der Waals surface area contributed by atoms with E-state index in [-0.39, 0.29) is 18.5 Å². The molecule has 0 radical (unpaired) electrons. The van der Waals surface area contributed by atoms with Crippen molar-refractivity contribution in [3.63, 3.8) is 0 Å². The van der Waals surface area contributed by atoms with Crippen LogP contribution in [0.1, 0.15) is 495 Å². The van der Waals surface area contributed by atoms with Crippen LogP contribution in [0.25, 0.3) is 0 Å². The van der Waals surface area contributed by atoms with E-state index in [0.717, 1.165) is 38.5 Å². The molecule has 91 heavy (non-hydrogen) atoms. The van der Waals surface area contributed by atoms with E-state index >= 15 is 0 Å². The lowest BCUT2D eigenvalue weighted by Gasteiger charge is -2.20. The Labute approximate surface area is 571 Å². The Hall–Kier alpha value is -1.40. The Kier molecular flexibility index (Phi) is 79.8. The van der Waals surface area contributed by atoms with Crippen LogP contribution in [0.15, 0.2) is 12.2 Å². The molecule has 0 aliphatic heterocycles. The van der Waals surface area contributed by atoms with Crippen molar-refractivity contribution in [1.29, 1.82) is 0 Å². The van der Waals surface area contributed by atoms with Gasteiger partial charge in [0.1, 0.15) is 0 Å². The highest BCUT2D eigenvalue weighted by Crippen LogP contribution is 2.21. The number of amides is 1. The SMILES string of the molecule is CCCCCCCCCCCCCCCCCCCCCCCC/C=C/C(O)C(CO)NC(=O)CCCCCCCCCCCCCCCCCCCCCCCCCCCCCCCCCCCCCCCOC(=O)CCCCCCCCCCCCCCC. The molecule has 2 atom stereocenters. The van der Waals surface area contributed by atoms with Crippen LogP contribution in [0.2, 0.25) is 0 Å². The minimum absolute atomic E-state index is 0.0260. The van der Waals surface area contributed by atoms with Gasteiger partial charge < -0.3 is 20.3 Å². The first-order chi connectivity index (χ1) is 45.0. The lowest BCUT2D eigenvalue weighted by molar-refractivity contribution is -0.143. The molecule has 6 heteroatoms. The molecule has 0 spiro atoms. The van der Waals surface area contributed by atoms with Gasteiger partial charge in [0.05, 0.1) is 25.4 Å². The van der Waals surface area contributed by atoms with Crippen molar-refractivity contribution in [1.82, 2.24) is 5.32 Å². The molecule has 0 aromatic heterocycles. The molecule has 0 aliphatic rings. The monoisotopic (exact) mass is 1280 g/mol. The number of nitrogens with one attached hydrogen (secondary N) is 1. The summed E-state index contributed by atoms with van der Waals surface area (Å²) in [7, 11) is 0. The molecule has 6 nitrogen and oxygen atoms in total. The number of esters is 1. The number of carbonyl (C=O) groups excluding carboxylic acids is 2. The summed E-state index contributed by atoms with van der Waals surface area (Å²) < 4.78 is 5.50. The first-order valence-corrected chi connectivity index (χ1v) is 42.5. The summed E-state index contributed by atoms with van der Waals surface area (Å²) in [6.45, 7) is 4.97. The number of rotatable bonds is 81. The maximum Gasteiger partial charge on any atom is 0.305 e. The number of allylic oxidation sites excluding steroid dienone is 1. The molecule has 1 amide bonds. The second-order valence-corrected chi connectivity index (χ2v) is 29.5. The maximum atomic E-state index is 12.6. The van der Waals surface area contributed by atoms with Crippen molar-refractivity contribution in [2.45, 2.75) is 508 Å². The summed E-state index contributed by atoms with van der Waals surface area (Å²) in [6, 6.07) is -0.624. The van der Waals surface area contributed by atoms with Gasteiger partial charge in [-0.2, -0.15) is 0 Å². The molecular formula is C85H167NO5. The minimum atomic E-state index is -0.841. The summed E-state index contributed by atoms with van der Waals surface area (Å²) in [5.41, 5.74) is 0. The highest BCUT2D eigenvalue weighted by molar-refractivity contribution is 5.76. The number of hydrogen-bond donors (Lipinski definition) is 3. The molecule has 0 aromatic carbocycles. The zero-order chi connectivity index (χ0) is 65.6. The zero-order valence-electron chi connectivity index (χ0n) is 62.4. The molecular weight excluding hydrogens is 1110 g/mol. The van der Waals surface area contributed by atoms with Crippen LogP contribution in [0, 0.1) is 0 Å². The molecule has 3 N–H and O–H groups in total. The zero-order valence-corrected chi connectivity index (χ0v) is 62.4. The van der Waals surface area contributed by atoms with Gasteiger partial charge in [0.2, 0.25) is 5.91 Å². The molecule has 0 saturated carbocycles. The molecule has 0 aliphatic carbocycles. The van der Waals surface area contributed by atoms with Gasteiger partial charge >= 0.3 is 5.97 Å². The van der Waals surface area contributed by atoms with Crippen LogP contribution in [0.5, 0.6) is 0 Å². The Morgan fingerprint density at radius 3 is 0.747 bits per heavy atom. The summed E-state index contributed by atoms with van der Waals surface area (Å²) >= 11 is 0. The third-order valence-corrected chi connectivity index (χ3v) is 20.3. The maximum absolute atomic E-state index is 12.6. The first-order valence-electron chi connectivity index (χ1n) is 42.5. The van der Waals surface area contributed by atoms with Crippen LogP contribution in [-0.2, 0) is 14.3 Å². The third kappa shape index (κ3) is 77.5. The van der Waals surface area contributed by atoms with Gasteiger partial charge in [-0.3, -0.25) is 9.59 Å². The summed E-state index contributed by atoms with van der Waals surface area (Å²) in [5.74, 6) is -0.0301. The number of carbonyl (C=O) groups is 2. The fourth-order valence-electron chi connectivity index (χ4n) is 13.9. The highest BCUT2D eigenvalue weighted by atomic mass is 16.5. The second-order valence-electron chi connectivity index (χ2n) is 29.5. The topological polar surface area (TPSA) is 95.9 Å². The van der Waals surface area contributed by atoms with Gasteiger partial charge in [0.25, 0.3) is 0 Å². The fraction of sp³-hybridized carbons (Fsp3) is 0.953. The number of hydrogen-bond acceptors (Lipinski definition) is 5. The van der Waals surface area contributed by atoms with Gasteiger partial charge in [-0.05, 0) is 32.1 Å². The van der Waals surface area contributed by atoms with Crippen LogP contribution < -0.4 is 5.32 Å². The van der Waals surface area contributed by atoms with Crippen LogP contribution in [-0.4, -0.2) is 47.4 Å². The molecule has 0 saturated heterocycles. The molecule has 0 rings (SSSR count). The molecule has 0 fully saturated rings. The van der Waals surface area contributed by atoms with Gasteiger partial charge in [-0.25, -0.2) is 0 Å². The standard InChI is InChI=1S/C85H167NO5/c1-3-5-7-9-11-13-15-17-18-19-20-21-22-38-41-44-47-50-54-57-61-65-69-73-77-83(88)82(81-87)86-84(89)78-74-70-66-62-58-55-51-48-45-42-39-36-34-32-30-28-26-24-23-25-27-29-31-33-35-37-40-43-46-49-52-56-60-64-68-72-76-80-91-85(90)79-75-71-67-63-59-53-16-14-12-10-8-6-4-2/h73,77,82-83,87-88H,3-72,74-76,78-81H2,1-2H3,(H,86,89)/b77-73+. The predicted octanol–water partition coefficient (Wildman–Crippen LogP) is 28.2. The lowest BCUT2D eigenvalue weighted by atomic mass is 10.0. The number of aliphatic hydroxyl groups excluding tert-OH is 2. The van der Waals surface area contributed by atoms with E-state index in [1.165, 1.54) is 430 Å². The summed E-state index contributed by atoms with van der Waals surface area (Å²) in [4.78, 5) is 24.6. The Bertz CT molecular complexity index is 1380. The van der Waals surface area contributed by atoms with Crippen LogP contribution >= 0.6 is 0 Å². The van der Waals surface area contributed by atoms with E-state index in [1.54, 1.807) is 6.08 Å². The van der Waals surface area contributed by atoms with Gasteiger partial charge in [-0.1, -0.05) is 463 Å². The number of ether oxygens (including phenoxy) is 1. The van der Waals surface area contributed by atoms with E-state index in [1.807, 2.05) is 6.08 Å². The first kappa shape index (κ1) is 89.6. The number of unbranched alkanes of at least 4 members (excludes halogenated alkanes) is 70. The smallest absolute Gasteiger partial charge is 0.305 e. The number of aliphatic hydroxyl groups is 2. The van der Waals surface area contributed by atoms with Gasteiger partial charge in [-0.15, -0.1) is 0 Å². The molecule has 542 valence electrons. The average Bonchev–Trinajstić information content (AvgIpc) is 3.61. The summed E-state index contributed by atoms with van der Waals surface area (Å²) in [6.07, 6.45) is 104. The van der Waals surface area contributed by atoms with Crippen molar-refractivity contribution >= 4 is 11.9 Å². The largest absolute Gasteiger partial charge is 0.466 e. The quantitative estimate of drug-likeness (QED) is 0.0320. The van der Waals surface area contributed by atoms with Gasteiger partial charge in [0, 0.05) is 12.8 Å². The van der Waals surface area contributed by atoms with E-state index < -0.39 is 12.1 Å². The van der Waals surface area contributed by atoms with Crippen molar-refractivity contribution in [3.8, 4) is 0 Å². The molecule has 2 unspecified atom stereocenters. The van der Waals surface area contributed by atoms with Crippen molar-refractivity contribution in [3.05, 3.63) is 12.2 Å². The molecule has 0 heterocycles. The normalized spacial score (nSPS) is 12.4. The van der Waals surface area contributed by atoms with Crippen molar-refractivity contribution in [2.75, 3.05) is 13.2 Å².